The zero-order valence-electron chi connectivity index (χ0n) is 9.16. The summed E-state index contributed by atoms with van der Waals surface area (Å²) < 4.78 is 0. The highest BCUT2D eigenvalue weighted by Gasteiger charge is 2.02. The van der Waals surface area contributed by atoms with Gasteiger partial charge in [-0.1, -0.05) is 13.0 Å². The van der Waals surface area contributed by atoms with Crippen LogP contribution in [0.1, 0.15) is 31.7 Å². The Morgan fingerprint density at radius 1 is 1.50 bits per heavy atom. The highest BCUT2D eigenvalue weighted by Crippen LogP contribution is 2.06. The first-order chi connectivity index (χ1) is 6.86. The van der Waals surface area contributed by atoms with Crippen LogP contribution in [0.2, 0.25) is 0 Å². The van der Waals surface area contributed by atoms with Crippen molar-refractivity contribution in [2.75, 3.05) is 7.05 Å². The maximum absolute atomic E-state index is 4.11. The van der Waals surface area contributed by atoms with Crippen molar-refractivity contribution >= 4 is 0 Å². The zero-order chi connectivity index (χ0) is 10.2. The molecule has 0 radical (unpaired) electrons. The Bertz CT molecular complexity index is 229. The summed E-state index contributed by atoms with van der Waals surface area (Å²) in [5.41, 5.74) is 1.35. The number of nitrogens with zero attached hydrogens (tertiary/aromatic N) is 1. The smallest absolute Gasteiger partial charge is 0.0299 e. The van der Waals surface area contributed by atoms with E-state index in [0.29, 0.717) is 6.04 Å². The minimum Gasteiger partial charge on any atom is -0.317 e. The summed E-state index contributed by atoms with van der Waals surface area (Å²) >= 11 is 0. The Morgan fingerprint density at radius 3 is 2.93 bits per heavy atom. The molecule has 0 fully saturated rings. The van der Waals surface area contributed by atoms with Crippen molar-refractivity contribution in [1.82, 2.24) is 10.3 Å². The summed E-state index contributed by atoms with van der Waals surface area (Å²) in [4.78, 5) is 4.11. The minimum absolute atomic E-state index is 0.673. The van der Waals surface area contributed by atoms with Gasteiger partial charge in [0.25, 0.3) is 0 Å². The fourth-order valence-electron chi connectivity index (χ4n) is 1.65. The lowest BCUT2D eigenvalue weighted by Crippen LogP contribution is -2.23. The van der Waals surface area contributed by atoms with Crippen LogP contribution in [0, 0.1) is 0 Å². The molecule has 0 saturated heterocycles. The predicted octanol–water partition coefficient (Wildman–Crippen LogP) is 2.40. The van der Waals surface area contributed by atoms with Gasteiger partial charge < -0.3 is 5.32 Å². The molecule has 0 saturated carbocycles. The number of nitrogens with one attached hydrogen (secondary N) is 1. The van der Waals surface area contributed by atoms with E-state index < -0.39 is 0 Å². The molecule has 2 heteroatoms. The van der Waals surface area contributed by atoms with Gasteiger partial charge in [-0.2, -0.15) is 0 Å². The lowest BCUT2D eigenvalue weighted by Gasteiger charge is -2.12. The van der Waals surface area contributed by atoms with Crippen LogP contribution in [0.3, 0.4) is 0 Å². The molecule has 1 atom stereocenters. The Labute approximate surface area is 86.8 Å². The summed E-state index contributed by atoms with van der Waals surface area (Å²) in [7, 11) is 2.04. The summed E-state index contributed by atoms with van der Waals surface area (Å²) in [6, 6.07) is 4.82. The number of rotatable bonds is 6. The first-order valence-corrected chi connectivity index (χ1v) is 5.43. The van der Waals surface area contributed by atoms with Gasteiger partial charge in [0.15, 0.2) is 0 Å². The normalized spacial score (nSPS) is 12.7. The van der Waals surface area contributed by atoms with E-state index in [2.05, 4.69) is 23.3 Å². The molecule has 0 spiro atoms. The van der Waals surface area contributed by atoms with Crippen LogP contribution in [0.4, 0.5) is 0 Å². The lowest BCUT2D eigenvalue weighted by atomic mass is 10.0. The van der Waals surface area contributed by atoms with E-state index in [4.69, 9.17) is 0 Å². The van der Waals surface area contributed by atoms with E-state index in [-0.39, 0.29) is 0 Å². The van der Waals surface area contributed by atoms with Crippen molar-refractivity contribution in [1.29, 1.82) is 0 Å². The second kappa shape index (κ2) is 6.55. The van der Waals surface area contributed by atoms with E-state index >= 15 is 0 Å². The number of hydrogen-bond donors (Lipinski definition) is 1. The Kier molecular flexibility index (Phi) is 5.23. The number of aryl methyl sites for hydroxylation is 1. The first kappa shape index (κ1) is 11.2. The Balaban J connectivity index is 2.21. The summed E-state index contributed by atoms with van der Waals surface area (Å²) in [5, 5.41) is 3.32. The molecule has 78 valence electrons. The van der Waals surface area contributed by atoms with Crippen LogP contribution < -0.4 is 5.32 Å². The average molecular weight is 192 g/mol. The number of pyridine rings is 1. The molecule has 1 aromatic heterocycles. The molecule has 1 rings (SSSR count). The van der Waals surface area contributed by atoms with Crippen molar-refractivity contribution in [3.8, 4) is 0 Å². The van der Waals surface area contributed by atoms with Gasteiger partial charge in [0, 0.05) is 18.4 Å². The van der Waals surface area contributed by atoms with Gasteiger partial charge >= 0.3 is 0 Å². The Hall–Kier alpha value is -0.890. The molecular formula is C12H20N2. The van der Waals surface area contributed by atoms with E-state index in [1.807, 2.05) is 25.5 Å². The third kappa shape index (κ3) is 3.88. The minimum atomic E-state index is 0.673. The van der Waals surface area contributed by atoms with Gasteiger partial charge in [0.05, 0.1) is 0 Å². The molecule has 0 aromatic carbocycles. The van der Waals surface area contributed by atoms with Crippen LogP contribution in [-0.2, 0) is 6.42 Å². The quantitative estimate of drug-likeness (QED) is 0.748. The van der Waals surface area contributed by atoms with Crippen LogP contribution in [0.5, 0.6) is 0 Å². The Morgan fingerprint density at radius 2 is 2.36 bits per heavy atom. The van der Waals surface area contributed by atoms with Crippen molar-refractivity contribution in [3.05, 3.63) is 30.1 Å². The molecule has 0 aliphatic heterocycles. The molecule has 0 bridgehead atoms. The van der Waals surface area contributed by atoms with Crippen LogP contribution in [-0.4, -0.2) is 18.1 Å². The van der Waals surface area contributed by atoms with Crippen molar-refractivity contribution in [3.63, 3.8) is 0 Å². The SMILES string of the molecule is CCC(CCCc1cccnc1)NC. The van der Waals surface area contributed by atoms with Crippen molar-refractivity contribution in [2.45, 2.75) is 38.6 Å². The van der Waals surface area contributed by atoms with Gasteiger partial charge in [-0.05, 0) is 44.4 Å². The fraction of sp³-hybridized carbons (Fsp3) is 0.583. The van der Waals surface area contributed by atoms with E-state index in [9.17, 15) is 0 Å². The molecule has 2 nitrogen and oxygen atoms in total. The highest BCUT2D eigenvalue weighted by molar-refractivity contribution is 5.08. The third-order valence-electron chi connectivity index (χ3n) is 2.64. The molecule has 0 aliphatic rings. The van der Waals surface area contributed by atoms with Gasteiger partial charge in [-0.3, -0.25) is 4.98 Å². The maximum atomic E-state index is 4.11. The molecular weight excluding hydrogens is 172 g/mol. The monoisotopic (exact) mass is 192 g/mol. The summed E-state index contributed by atoms with van der Waals surface area (Å²) in [6.45, 7) is 2.23. The topological polar surface area (TPSA) is 24.9 Å². The second-order valence-electron chi connectivity index (χ2n) is 3.65. The van der Waals surface area contributed by atoms with Gasteiger partial charge in [-0.15, -0.1) is 0 Å². The molecule has 14 heavy (non-hydrogen) atoms. The fourth-order valence-corrected chi connectivity index (χ4v) is 1.65. The zero-order valence-corrected chi connectivity index (χ0v) is 9.16. The van der Waals surface area contributed by atoms with Crippen molar-refractivity contribution < 1.29 is 0 Å². The first-order valence-electron chi connectivity index (χ1n) is 5.43. The van der Waals surface area contributed by atoms with E-state index in [1.165, 1.54) is 24.8 Å². The van der Waals surface area contributed by atoms with E-state index in [0.717, 1.165) is 6.42 Å². The van der Waals surface area contributed by atoms with Crippen LogP contribution in [0.25, 0.3) is 0 Å². The van der Waals surface area contributed by atoms with Gasteiger partial charge in [0.2, 0.25) is 0 Å². The van der Waals surface area contributed by atoms with Crippen molar-refractivity contribution in [2.24, 2.45) is 0 Å². The predicted molar refractivity (Wildman–Crippen MR) is 60.3 cm³/mol. The lowest BCUT2D eigenvalue weighted by molar-refractivity contribution is 0.491. The summed E-state index contributed by atoms with van der Waals surface area (Å²) in [5.74, 6) is 0. The third-order valence-corrected chi connectivity index (χ3v) is 2.64. The largest absolute Gasteiger partial charge is 0.317 e. The molecule has 0 amide bonds. The second-order valence-corrected chi connectivity index (χ2v) is 3.65. The molecule has 0 aliphatic carbocycles. The molecule has 1 unspecified atom stereocenters. The van der Waals surface area contributed by atoms with Gasteiger partial charge in [0.1, 0.15) is 0 Å². The maximum Gasteiger partial charge on any atom is 0.0299 e. The molecule has 1 aromatic rings. The van der Waals surface area contributed by atoms with E-state index in [1.54, 1.807) is 0 Å². The molecule has 1 heterocycles. The number of hydrogen-bond acceptors (Lipinski definition) is 2. The standard InChI is InChI=1S/C12H20N2/c1-3-12(13-2)8-4-6-11-7-5-9-14-10-11/h5,7,9-10,12-13H,3-4,6,8H2,1-2H3. The molecule has 1 N–H and O–H groups in total. The van der Waals surface area contributed by atoms with Crippen LogP contribution in [0.15, 0.2) is 24.5 Å². The highest BCUT2D eigenvalue weighted by atomic mass is 14.9. The number of aromatic nitrogens is 1. The van der Waals surface area contributed by atoms with Gasteiger partial charge in [-0.25, -0.2) is 0 Å². The summed E-state index contributed by atoms with van der Waals surface area (Å²) in [6.07, 6.45) is 8.63. The average Bonchev–Trinajstić information content (AvgIpc) is 2.26. The van der Waals surface area contributed by atoms with Crippen LogP contribution >= 0.6 is 0 Å².